The van der Waals surface area contributed by atoms with Gasteiger partial charge in [-0.1, -0.05) is 23.7 Å². The Morgan fingerprint density at radius 2 is 1.77 bits per heavy atom. The van der Waals surface area contributed by atoms with Gasteiger partial charge in [0.2, 0.25) is 0 Å². The summed E-state index contributed by atoms with van der Waals surface area (Å²) < 4.78 is 43.1. The third-order valence-electron chi connectivity index (χ3n) is 3.68. The van der Waals surface area contributed by atoms with Crippen molar-refractivity contribution in [3.05, 3.63) is 58.4 Å². The summed E-state index contributed by atoms with van der Waals surface area (Å²) in [7, 11) is 0. The largest absolute Gasteiger partial charge is 0.444 e. The number of alkyl carbamates (subject to hydrolysis) is 1. The standard InChI is InChI=1S/C20H21ClF3N3O3/c1-19(2,3)30-18(29)25-9-8-12-4-6-13(7-5-12)27-17(28)14-11-26-16(10-15(14)21)20(22,23)24/h4-7,10-11H,8-9H2,1-3H3,(H,25,29)(H,27,28). The van der Waals surface area contributed by atoms with Crippen LogP contribution in [-0.4, -0.2) is 29.1 Å². The van der Waals surface area contributed by atoms with E-state index >= 15 is 0 Å². The molecule has 0 spiro atoms. The van der Waals surface area contributed by atoms with Crippen LogP contribution in [0.15, 0.2) is 36.5 Å². The molecule has 2 N–H and O–H groups in total. The van der Waals surface area contributed by atoms with Crippen LogP contribution in [-0.2, 0) is 17.3 Å². The summed E-state index contributed by atoms with van der Waals surface area (Å²) in [6, 6.07) is 7.37. The molecule has 10 heteroatoms. The maximum absolute atomic E-state index is 12.6. The topological polar surface area (TPSA) is 80.3 Å². The second-order valence-corrected chi connectivity index (χ2v) is 7.78. The maximum Gasteiger partial charge on any atom is 0.433 e. The predicted molar refractivity (Wildman–Crippen MR) is 107 cm³/mol. The number of hydrogen-bond donors (Lipinski definition) is 2. The van der Waals surface area contributed by atoms with E-state index in [0.717, 1.165) is 11.8 Å². The van der Waals surface area contributed by atoms with Gasteiger partial charge in [-0.05, 0) is 51.0 Å². The van der Waals surface area contributed by atoms with Crippen LogP contribution >= 0.6 is 11.6 Å². The Bertz CT molecular complexity index is 910. The number of nitrogens with zero attached hydrogens (tertiary/aromatic N) is 1. The zero-order valence-corrected chi connectivity index (χ0v) is 17.3. The number of ether oxygens (including phenoxy) is 1. The van der Waals surface area contributed by atoms with E-state index in [4.69, 9.17) is 16.3 Å². The monoisotopic (exact) mass is 443 g/mol. The highest BCUT2D eigenvalue weighted by molar-refractivity contribution is 6.34. The number of carbonyl (C=O) groups excluding carboxylic acids is 2. The number of anilines is 1. The van der Waals surface area contributed by atoms with Gasteiger partial charge in [0.25, 0.3) is 5.91 Å². The molecule has 1 heterocycles. The Morgan fingerprint density at radius 1 is 1.13 bits per heavy atom. The van der Waals surface area contributed by atoms with Crippen LogP contribution in [0, 0.1) is 0 Å². The minimum absolute atomic E-state index is 0.171. The highest BCUT2D eigenvalue weighted by atomic mass is 35.5. The molecule has 0 fully saturated rings. The molecular weight excluding hydrogens is 423 g/mol. The van der Waals surface area contributed by atoms with E-state index in [0.29, 0.717) is 24.7 Å². The second-order valence-electron chi connectivity index (χ2n) is 7.38. The normalized spacial score (nSPS) is 11.7. The van der Waals surface area contributed by atoms with Crippen LogP contribution < -0.4 is 10.6 Å². The predicted octanol–water partition coefficient (Wildman–Crippen LogP) is 5.07. The summed E-state index contributed by atoms with van der Waals surface area (Å²) in [5.74, 6) is -0.680. The van der Waals surface area contributed by atoms with Gasteiger partial charge in [0.05, 0.1) is 10.6 Å². The van der Waals surface area contributed by atoms with Crippen molar-refractivity contribution in [3.63, 3.8) is 0 Å². The fourth-order valence-electron chi connectivity index (χ4n) is 2.33. The average molecular weight is 444 g/mol. The van der Waals surface area contributed by atoms with Crippen LogP contribution in [0.25, 0.3) is 0 Å². The molecule has 162 valence electrons. The fourth-order valence-corrected chi connectivity index (χ4v) is 2.57. The van der Waals surface area contributed by atoms with Crippen molar-refractivity contribution in [1.82, 2.24) is 10.3 Å². The number of rotatable bonds is 5. The number of aromatic nitrogens is 1. The highest BCUT2D eigenvalue weighted by Gasteiger charge is 2.33. The molecule has 0 bridgehead atoms. The number of halogens is 4. The molecule has 0 saturated heterocycles. The van der Waals surface area contributed by atoms with E-state index in [1.807, 2.05) is 0 Å². The van der Waals surface area contributed by atoms with Crippen LogP contribution in [0.4, 0.5) is 23.7 Å². The number of benzene rings is 1. The Morgan fingerprint density at radius 3 is 2.30 bits per heavy atom. The first-order valence-electron chi connectivity index (χ1n) is 8.95. The smallest absolute Gasteiger partial charge is 0.433 e. The van der Waals surface area contributed by atoms with E-state index in [-0.39, 0.29) is 10.6 Å². The van der Waals surface area contributed by atoms with Crippen molar-refractivity contribution in [2.75, 3.05) is 11.9 Å². The first-order valence-corrected chi connectivity index (χ1v) is 9.33. The van der Waals surface area contributed by atoms with Gasteiger partial charge in [-0.25, -0.2) is 4.79 Å². The van der Waals surface area contributed by atoms with E-state index < -0.39 is 29.5 Å². The molecule has 2 amide bonds. The number of alkyl halides is 3. The van der Waals surface area contributed by atoms with Crippen molar-refractivity contribution < 1.29 is 27.5 Å². The first kappa shape index (κ1) is 23.5. The number of amides is 2. The molecule has 0 radical (unpaired) electrons. The lowest BCUT2D eigenvalue weighted by atomic mass is 10.1. The van der Waals surface area contributed by atoms with E-state index in [2.05, 4.69) is 15.6 Å². The molecule has 2 rings (SSSR count). The fraction of sp³-hybridized carbons (Fsp3) is 0.350. The van der Waals surface area contributed by atoms with Crippen LogP contribution in [0.3, 0.4) is 0 Å². The SMILES string of the molecule is CC(C)(C)OC(=O)NCCc1ccc(NC(=O)c2cnc(C(F)(F)F)cc2Cl)cc1. The molecule has 2 aromatic rings. The highest BCUT2D eigenvalue weighted by Crippen LogP contribution is 2.30. The van der Waals surface area contributed by atoms with Crippen molar-refractivity contribution in [2.24, 2.45) is 0 Å². The van der Waals surface area contributed by atoms with Crippen molar-refractivity contribution in [1.29, 1.82) is 0 Å². The van der Waals surface area contributed by atoms with Gasteiger partial charge in [-0.2, -0.15) is 13.2 Å². The molecule has 1 aromatic carbocycles. The molecule has 0 unspecified atom stereocenters. The van der Waals surface area contributed by atoms with Gasteiger partial charge in [-0.3, -0.25) is 9.78 Å². The Kier molecular flexibility index (Phi) is 7.30. The minimum atomic E-state index is -4.65. The lowest BCUT2D eigenvalue weighted by Crippen LogP contribution is -2.33. The zero-order chi connectivity index (χ0) is 22.5. The van der Waals surface area contributed by atoms with Gasteiger partial charge in [0, 0.05) is 18.4 Å². The third-order valence-corrected chi connectivity index (χ3v) is 3.99. The van der Waals surface area contributed by atoms with Crippen molar-refractivity contribution in [3.8, 4) is 0 Å². The Labute approximate surface area is 176 Å². The van der Waals surface area contributed by atoms with Crippen molar-refractivity contribution in [2.45, 2.75) is 39.0 Å². The van der Waals surface area contributed by atoms with E-state index in [9.17, 15) is 22.8 Å². The summed E-state index contributed by atoms with van der Waals surface area (Å²) in [5.41, 5.74) is -0.586. The summed E-state index contributed by atoms with van der Waals surface area (Å²) in [6.45, 7) is 5.68. The number of nitrogens with one attached hydrogen (secondary N) is 2. The summed E-state index contributed by atoms with van der Waals surface area (Å²) in [4.78, 5) is 27.1. The molecule has 0 aliphatic heterocycles. The third kappa shape index (κ3) is 7.22. The molecule has 0 aliphatic carbocycles. The lowest BCUT2D eigenvalue weighted by Gasteiger charge is -2.19. The van der Waals surface area contributed by atoms with E-state index in [1.165, 1.54) is 0 Å². The molecule has 0 aliphatic rings. The number of pyridine rings is 1. The van der Waals surface area contributed by atoms with Gasteiger partial charge in [0.1, 0.15) is 11.3 Å². The molecule has 0 saturated carbocycles. The van der Waals surface area contributed by atoms with E-state index in [1.54, 1.807) is 45.0 Å². The van der Waals surface area contributed by atoms with Crippen LogP contribution in [0.2, 0.25) is 5.02 Å². The van der Waals surface area contributed by atoms with Gasteiger partial charge in [-0.15, -0.1) is 0 Å². The minimum Gasteiger partial charge on any atom is -0.444 e. The second kappa shape index (κ2) is 9.34. The van der Waals surface area contributed by atoms with Gasteiger partial charge < -0.3 is 15.4 Å². The Hall–Kier alpha value is -2.81. The lowest BCUT2D eigenvalue weighted by molar-refractivity contribution is -0.141. The maximum atomic E-state index is 12.6. The Balaban J connectivity index is 1.91. The zero-order valence-electron chi connectivity index (χ0n) is 16.6. The molecule has 6 nitrogen and oxygen atoms in total. The summed E-state index contributed by atoms with van der Waals surface area (Å²) in [5, 5.41) is 4.85. The number of carbonyl (C=O) groups is 2. The van der Waals surface area contributed by atoms with Gasteiger partial charge in [0.15, 0.2) is 0 Å². The molecular formula is C20H21ClF3N3O3. The first-order chi connectivity index (χ1) is 13.8. The van der Waals surface area contributed by atoms with Crippen LogP contribution in [0.1, 0.15) is 42.4 Å². The quantitative estimate of drug-likeness (QED) is 0.675. The molecule has 0 atom stereocenters. The van der Waals surface area contributed by atoms with Crippen molar-refractivity contribution >= 4 is 29.3 Å². The average Bonchev–Trinajstić information content (AvgIpc) is 2.60. The summed E-state index contributed by atoms with van der Waals surface area (Å²) >= 11 is 5.80. The number of hydrogen-bond acceptors (Lipinski definition) is 4. The molecule has 1 aromatic heterocycles. The summed E-state index contributed by atoms with van der Waals surface area (Å²) in [6.07, 6.45) is -3.82. The van der Waals surface area contributed by atoms with Gasteiger partial charge >= 0.3 is 12.3 Å². The van der Waals surface area contributed by atoms with Crippen LogP contribution in [0.5, 0.6) is 0 Å². The molecule has 30 heavy (non-hydrogen) atoms.